The van der Waals surface area contributed by atoms with Gasteiger partial charge in [-0.3, -0.25) is 10.1 Å². The van der Waals surface area contributed by atoms with Gasteiger partial charge >= 0.3 is 5.97 Å². The third kappa shape index (κ3) is 3.00. The van der Waals surface area contributed by atoms with Crippen molar-refractivity contribution in [3.8, 4) is 11.4 Å². The SMILES string of the molecule is COC(=O)c1ccoc1Cn1cnc(-c2ccc([N+](=O)[O-])cc2)n1. The van der Waals surface area contributed by atoms with Crippen molar-refractivity contribution in [2.24, 2.45) is 0 Å². The summed E-state index contributed by atoms with van der Waals surface area (Å²) in [7, 11) is 1.29. The van der Waals surface area contributed by atoms with Crippen LogP contribution in [-0.2, 0) is 11.3 Å². The molecule has 0 saturated carbocycles. The number of non-ortho nitro benzene ring substituents is 1. The van der Waals surface area contributed by atoms with Crippen molar-refractivity contribution in [1.82, 2.24) is 14.8 Å². The van der Waals surface area contributed by atoms with Crippen LogP contribution in [0.3, 0.4) is 0 Å². The van der Waals surface area contributed by atoms with E-state index in [0.717, 1.165) is 0 Å². The summed E-state index contributed by atoms with van der Waals surface area (Å²) in [4.78, 5) is 26.0. The van der Waals surface area contributed by atoms with E-state index in [4.69, 9.17) is 4.42 Å². The molecule has 2 heterocycles. The van der Waals surface area contributed by atoms with Gasteiger partial charge in [-0.1, -0.05) is 0 Å². The van der Waals surface area contributed by atoms with Gasteiger partial charge in [0.1, 0.15) is 24.2 Å². The van der Waals surface area contributed by atoms with Gasteiger partial charge in [0.25, 0.3) is 5.69 Å². The van der Waals surface area contributed by atoms with E-state index in [9.17, 15) is 14.9 Å². The highest BCUT2D eigenvalue weighted by Gasteiger charge is 2.16. The molecule has 24 heavy (non-hydrogen) atoms. The van der Waals surface area contributed by atoms with Gasteiger partial charge < -0.3 is 9.15 Å². The van der Waals surface area contributed by atoms with E-state index in [2.05, 4.69) is 14.8 Å². The predicted molar refractivity (Wildman–Crippen MR) is 81.3 cm³/mol. The van der Waals surface area contributed by atoms with Gasteiger partial charge in [-0.25, -0.2) is 14.5 Å². The molecule has 0 aliphatic carbocycles. The molecular formula is C15H12N4O5. The smallest absolute Gasteiger partial charge is 0.341 e. The molecule has 1 aromatic carbocycles. The monoisotopic (exact) mass is 328 g/mol. The first-order chi connectivity index (χ1) is 11.6. The van der Waals surface area contributed by atoms with Crippen LogP contribution in [0.2, 0.25) is 0 Å². The number of hydrogen-bond donors (Lipinski definition) is 0. The number of esters is 1. The van der Waals surface area contributed by atoms with Gasteiger partial charge in [0.2, 0.25) is 0 Å². The quantitative estimate of drug-likeness (QED) is 0.401. The Bertz CT molecular complexity index is 881. The number of rotatable bonds is 5. The summed E-state index contributed by atoms with van der Waals surface area (Å²) in [5, 5.41) is 14.9. The number of furan rings is 1. The van der Waals surface area contributed by atoms with E-state index in [1.807, 2.05) is 0 Å². The highest BCUT2D eigenvalue weighted by atomic mass is 16.6. The maximum Gasteiger partial charge on any atom is 0.341 e. The minimum atomic E-state index is -0.491. The van der Waals surface area contributed by atoms with Crippen LogP contribution < -0.4 is 0 Å². The fourth-order valence-electron chi connectivity index (χ4n) is 2.14. The minimum absolute atomic E-state index is 0.00325. The standard InChI is InChI=1S/C15H12N4O5/c1-23-15(20)12-6-7-24-13(12)8-18-9-16-14(17-18)10-2-4-11(5-3-10)19(21)22/h2-7,9H,8H2,1H3. The summed E-state index contributed by atoms with van der Waals surface area (Å²) in [5.41, 5.74) is 0.966. The Labute approximate surface area is 135 Å². The van der Waals surface area contributed by atoms with E-state index in [1.165, 1.54) is 42.6 Å². The summed E-state index contributed by atoms with van der Waals surface area (Å²) in [5.74, 6) is 0.326. The summed E-state index contributed by atoms with van der Waals surface area (Å²) in [6.07, 6.45) is 2.88. The molecule has 2 aromatic heterocycles. The fourth-order valence-corrected chi connectivity index (χ4v) is 2.14. The van der Waals surface area contributed by atoms with Gasteiger partial charge in [0, 0.05) is 17.7 Å². The van der Waals surface area contributed by atoms with Gasteiger partial charge in [0.15, 0.2) is 5.82 Å². The molecule has 0 bridgehead atoms. The summed E-state index contributed by atoms with van der Waals surface area (Å²) in [6.45, 7) is 0.206. The number of nitro groups is 1. The second kappa shape index (κ2) is 6.32. The maximum absolute atomic E-state index is 11.6. The molecule has 0 saturated heterocycles. The van der Waals surface area contributed by atoms with Crippen molar-refractivity contribution < 1.29 is 18.9 Å². The Morgan fingerprint density at radius 2 is 2.08 bits per heavy atom. The van der Waals surface area contributed by atoms with Gasteiger partial charge in [-0.2, -0.15) is 5.10 Å². The zero-order chi connectivity index (χ0) is 17.1. The molecule has 0 radical (unpaired) electrons. The number of nitrogens with zero attached hydrogens (tertiary/aromatic N) is 4. The third-order valence-corrected chi connectivity index (χ3v) is 3.33. The van der Waals surface area contributed by atoms with Crippen LogP contribution in [0, 0.1) is 10.1 Å². The second-order valence-corrected chi connectivity index (χ2v) is 4.82. The molecule has 0 N–H and O–H groups in total. The number of aromatic nitrogens is 3. The zero-order valence-electron chi connectivity index (χ0n) is 12.6. The van der Waals surface area contributed by atoms with Crippen molar-refractivity contribution in [2.75, 3.05) is 7.11 Å². The molecule has 0 amide bonds. The van der Waals surface area contributed by atoms with Crippen molar-refractivity contribution in [3.05, 3.63) is 64.4 Å². The van der Waals surface area contributed by atoms with Gasteiger partial charge in [0.05, 0.1) is 18.3 Å². The van der Waals surface area contributed by atoms with Gasteiger partial charge in [-0.05, 0) is 18.2 Å². The number of nitro benzene ring substituents is 1. The lowest BCUT2D eigenvalue weighted by Gasteiger charge is -2.01. The Morgan fingerprint density at radius 1 is 1.33 bits per heavy atom. The molecule has 0 fully saturated rings. The predicted octanol–water partition coefficient (Wildman–Crippen LogP) is 2.28. The highest BCUT2D eigenvalue weighted by Crippen LogP contribution is 2.19. The van der Waals surface area contributed by atoms with Crippen LogP contribution in [0.1, 0.15) is 16.1 Å². The normalized spacial score (nSPS) is 10.5. The molecular weight excluding hydrogens is 316 g/mol. The largest absolute Gasteiger partial charge is 0.466 e. The molecule has 0 atom stereocenters. The Kier molecular flexibility index (Phi) is 4.06. The molecule has 9 nitrogen and oxygen atoms in total. The van der Waals surface area contributed by atoms with Crippen molar-refractivity contribution in [2.45, 2.75) is 6.54 Å². The van der Waals surface area contributed by atoms with Crippen molar-refractivity contribution >= 4 is 11.7 Å². The van der Waals surface area contributed by atoms with Crippen LogP contribution in [0.4, 0.5) is 5.69 Å². The van der Waals surface area contributed by atoms with Crippen molar-refractivity contribution in [3.63, 3.8) is 0 Å². The molecule has 0 spiro atoms. The van der Waals surface area contributed by atoms with Crippen LogP contribution >= 0.6 is 0 Å². The van der Waals surface area contributed by atoms with Crippen molar-refractivity contribution in [1.29, 1.82) is 0 Å². The number of benzene rings is 1. The second-order valence-electron chi connectivity index (χ2n) is 4.82. The minimum Gasteiger partial charge on any atom is -0.466 e. The van der Waals surface area contributed by atoms with E-state index >= 15 is 0 Å². The zero-order valence-corrected chi connectivity index (χ0v) is 12.6. The molecule has 122 valence electrons. The summed E-state index contributed by atoms with van der Waals surface area (Å²) in [6, 6.07) is 7.44. The lowest BCUT2D eigenvalue weighted by atomic mass is 10.2. The first kappa shape index (κ1) is 15.4. The lowest BCUT2D eigenvalue weighted by Crippen LogP contribution is -2.07. The average Bonchev–Trinajstić information content (AvgIpc) is 3.24. The number of methoxy groups -OCH3 is 1. The van der Waals surface area contributed by atoms with E-state index in [0.29, 0.717) is 22.7 Å². The Balaban J connectivity index is 1.80. The molecule has 3 rings (SSSR count). The summed E-state index contributed by atoms with van der Waals surface area (Å²) >= 11 is 0. The summed E-state index contributed by atoms with van der Waals surface area (Å²) < 4.78 is 11.5. The first-order valence-corrected chi connectivity index (χ1v) is 6.87. The van der Waals surface area contributed by atoms with E-state index < -0.39 is 10.9 Å². The molecule has 9 heteroatoms. The van der Waals surface area contributed by atoms with Crippen LogP contribution in [0.25, 0.3) is 11.4 Å². The van der Waals surface area contributed by atoms with Crippen LogP contribution in [0.15, 0.2) is 47.3 Å². The van der Waals surface area contributed by atoms with E-state index in [1.54, 1.807) is 12.1 Å². The first-order valence-electron chi connectivity index (χ1n) is 6.87. The molecule has 3 aromatic rings. The Morgan fingerprint density at radius 3 is 2.75 bits per heavy atom. The van der Waals surface area contributed by atoms with Crippen LogP contribution in [-0.4, -0.2) is 32.8 Å². The molecule has 0 aliphatic rings. The highest BCUT2D eigenvalue weighted by molar-refractivity contribution is 5.90. The average molecular weight is 328 g/mol. The topological polar surface area (TPSA) is 113 Å². The van der Waals surface area contributed by atoms with E-state index in [-0.39, 0.29) is 12.2 Å². The maximum atomic E-state index is 11.6. The lowest BCUT2D eigenvalue weighted by molar-refractivity contribution is -0.384. The fraction of sp³-hybridized carbons (Fsp3) is 0.133. The number of carbonyl (C=O) groups excluding carboxylic acids is 1. The number of carbonyl (C=O) groups is 1. The van der Waals surface area contributed by atoms with Crippen LogP contribution in [0.5, 0.6) is 0 Å². The third-order valence-electron chi connectivity index (χ3n) is 3.33. The number of hydrogen-bond acceptors (Lipinski definition) is 7. The Hall–Kier alpha value is -3.49. The van der Waals surface area contributed by atoms with Gasteiger partial charge in [-0.15, -0.1) is 0 Å². The molecule has 0 unspecified atom stereocenters. The molecule has 0 aliphatic heterocycles. The number of ether oxygens (including phenoxy) is 1.